The molecule has 4 rings (SSSR count). The quantitative estimate of drug-likeness (QED) is 0.487. The first-order chi connectivity index (χ1) is 14.2. The number of halogens is 2. The molecule has 3 nitrogen and oxygen atoms in total. The van der Waals surface area contributed by atoms with Crippen LogP contribution < -0.4 is 10.1 Å². The zero-order valence-corrected chi connectivity index (χ0v) is 18.6. The molecule has 0 saturated carbocycles. The number of benzene rings is 3. The molecular formula is C24H22BrClN2O. The van der Waals surface area contributed by atoms with Gasteiger partial charge in [0.05, 0.1) is 18.1 Å². The molecule has 1 aliphatic heterocycles. The van der Waals surface area contributed by atoms with Gasteiger partial charge in [0.2, 0.25) is 0 Å². The number of aliphatic imine (C=N–C) groups is 1. The molecule has 0 aliphatic carbocycles. The van der Waals surface area contributed by atoms with Gasteiger partial charge in [-0.3, -0.25) is 4.99 Å². The van der Waals surface area contributed by atoms with Gasteiger partial charge >= 0.3 is 0 Å². The topological polar surface area (TPSA) is 33.6 Å². The van der Waals surface area contributed by atoms with Gasteiger partial charge in [0, 0.05) is 22.7 Å². The molecule has 1 aliphatic rings. The SMILES string of the molecule is COc1c(Br)ccc(-c2ccccc2)c1CCc1c(Cl)cccc1C1=NCCN1. The Morgan fingerprint density at radius 3 is 2.48 bits per heavy atom. The summed E-state index contributed by atoms with van der Waals surface area (Å²) in [4.78, 5) is 4.59. The van der Waals surface area contributed by atoms with Crippen LogP contribution in [0, 0.1) is 0 Å². The third-order valence-electron chi connectivity index (χ3n) is 5.17. The monoisotopic (exact) mass is 468 g/mol. The molecule has 0 bridgehead atoms. The average molecular weight is 470 g/mol. The summed E-state index contributed by atoms with van der Waals surface area (Å²) in [7, 11) is 1.72. The van der Waals surface area contributed by atoms with E-state index in [2.05, 4.69) is 62.6 Å². The highest BCUT2D eigenvalue weighted by Gasteiger charge is 2.18. The van der Waals surface area contributed by atoms with E-state index < -0.39 is 0 Å². The molecule has 0 fully saturated rings. The Bertz CT molecular complexity index is 1050. The minimum absolute atomic E-state index is 0.772. The Hall–Kier alpha value is -2.30. The van der Waals surface area contributed by atoms with Crippen LogP contribution in [0.5, 0.6) is 5.75 Å². The summed E-state index contributed by atoms with van der Waals surface area (Å²) in [6.45, 7) is 1.68. The Balaban J connectivity index is 1.74. The molecular weight excluding hydrogens is 448 g/mol. The zero-order valence-electron chi connectivity index (χ0n) is 16.2. The fourth-order valence-corrected chi connectivity index (χ4v) is 4.62. The maximum absolute atomic E-state index is 6.61. The molecule has 0 atom stereocenters. The van der Waals surface area contributed by atoms with Crippen LogP contribution in [-0.2, 0) is 12.8 Å². The fraction of sp³-hybridized carbons (Fsp3) is 0.208. The summed E-state index contributed by atoms with van der Waals surface area (Å²) >= 11 is 10.3. The number of amidine groups is 1. The molecule has 1 N–H and O–H groups in total. The van der Waals surface area contributed by atoms with Crippen LogP contribution in [0.1, 0.15) is 16.7 Å². The van der Waals surface area contributed by atoms with Gasteiger partial charge < -0.3 is 10.1 Å². The van der Waals surface area contributed by atoms with Gasteiger partial charge in [-0.25, -0.2) is 0 Å². The summed E-state index contributed by atoms with van der Waals surface area (Å²) in [6, 6.07) is 20.6. The van der Waals surface area contributed by atoms with Crippen molar-refractivity contribution in [2.75, 3.05) is 20.2 Å². The maximum Gasteiger partial charge on any atom is 0.136 e. The van der Waals surface area contributed by atoms with Gasteiger partial charge in [-0.15, -0.1) is 0 Å². The van der Waals surface area contributed by atoms with E-state index in [4.69, 9.17) is 16.3 Å². The van der Waals surface area contributed by atoms with Gasteiger partial charge in [-0.05, 0) is 57.6 Å². The lowest BCUT2D eigenvalue weighted by Crippen LogP contribution is -2.21. The van der Waals surface area contributed by atoms with Crippen LogP contribution in [0.2, 0.25) is 5.02 Å². The van der Waals surface area contributed by atoms with E-state index in [-0.39, 0.29) is 0 Å². The number of hydrogen-bond acceptors (Lipinski definition) is 3. The first-order valence-electron chi connectivity index (χ1n) is 9.66. The third-order valence-corrected chi connectivity index (χ3v) is 6.15. The Morgan fingerprint density at radius 1 is 0.966 bits per heavy atom. The lowest BCUT2D eigenvalue weighted by atomic mass is 9.93. The van der Waals surface area contributed by atoms with Gasteiger partial charge in [0.1, 0.15) is 11.6 Å². The minimum atomic E-state index is 0.772. The first-order valence-corrected chi connectivity index (χ1v) is 10.8. The molecule has 0 radical (unpaired) electrons. The van der Waals surface area contributed by atoms with E-state index in [1.54, 1.807) is 7.11 Å². The highest BCUT2D eigenvalue weighted by Crippen LogP contribution is 2.38. The minimum Gasteiger partial charge on any atom is -0.495 e. The predicted molar refractivity (Wildman–Crippen MR) is 124 cm³/mol. The summed E-state index contributed by atoms with van der Waals surface area (Å²) in [5, 5.41) is 4.14. The molecule has 5 heteroatoms. The number of ether oxygens (including phenoxy) is 1. The van der Waals surface area contributed by atoms with Gasteiger partial charge in [0.15, 0.2) is 0 Å². The second kappa shape index (κ2) is 9.02. The van der Waals surface area contributed by atoms with E-state index in [9.17, 15) is 0 Å². The van der Waals surface area contributed by atoms with E-state index in [0.717, 1.165) is 58.1 Å². The van der Waals surface area contributed by atoms with Gasteiger partial charge in [0.25, 0.3) is 0 Å². The molecule has 3 aromatic rings. The van der Waals surface area contributed by atoms with Crippen LogP contribution >= 0.6 is 27.5 Å². The fourth-order valence-electron chi connectivity index (χ4n) is 3.82. The normalized spacial score (nSPS) is 13.1. The molecule has 0 amide bonds. The van der Waals surface area contributed by atoms with Crippen molar-refractivity contribution in [3.63, 3.8) is 0 Å². The largest absolute Gasteiger partial charge is 0.495 e. The van der Waals surface area contributed by atoms with E-state index in [0.29, 0.717) is 0 Å². The van der Waals surface area contributed by atoms with Crippen molar-refractivity contribution >= 4 is 33.4 Å². The van der Waals surface area contributed by atoms with Crippen LogP contribution in [0.25, 0.3) is 11.1 Å². The summed E-state index contributed by atoms with van der Waals surface area (Å²) in [5.74, 6) is 1.81. The summed E-state index contributed by atoms with van der Waals surface area (Å²) in [5.41, 5.74) is 5.72. The van der Waals surface area contributed by atoms with Crippen LogP contribution in [0.15, 0.2) is 70.1 Å². The molecule has 0 aromatic heterocycles. The third kappa shape index (κ3) is 4.19. The number of methoxy groups -OCH3 is 1. The van der Waals surface area contributed by atoms with Crippen molar-refractivity contribution in [3.05, 3.63) is 86.8 Å². The number of nitrogens with zero attached hydrogens (tertiary/aromatic N) is 1. The maximum atomic E-state index is 6.61. The van der Waals surface area contributed by atoms with Crippen molar-refractivity contribution in [1.29, 1.82) is 0 Å². The van der Waals surface area contributed by atoms with Crippen molar-refractivity contribution in [3.8, 4) is 16.9 Å². The molecule has 0 spiro atoms. The summed E-state index contributed by atoms with van der Waals surface area (Å²) < 4.78 is 6.73. The lowest BCUT2D eigenvalue weighted by Gasteiger charge is -2.18. The number of nitrogens with one attached hydrogen (secondary N) is 1. The Labute approximate surface area is 184 Å². The van der Waals surface area contributed by atoms with Crippen molar-refractivity contribution in [2.45, 2.75) is 12.8 Å². The second-order valence-electron chi connectivity index (χ2n) is 6.90. The van der Waals surface area contributed by atoms with Gasteiger partial charge in [-0.2, -0.15) is 0 Å². The molecule has 29 heavy (non-hydrogen) atoms. The van der Waals surface area contributed by atoms with Crippen molar-refractivity contribution in [2.24, 2.45) is 4.99 Å². The molecule has 148 valence electrons. The molecule has 1 heterocycles. The number of rotatable bonds is 6. The van der Waals surface area contributed by atoms with Crippen LogP contribution in [-0.4, -0.2) is 26.0 Å². The van der Waals surface area contributed by atoms with Crippen molar-refractivity contribution in [1.82, 2.24) is 5.32 Å². The molecule has 3 aromatic carbocycles. The highest BCUT2D eigenvalue weighted by molar-refractivity contribution is 9.10. The second-order valence-corrected chi connectivity index (χ2v) is 8.16. The van der Waals surface area contributed by atoms with Crippen molar-refractivity contribution < 1.29 is 4.74 Å². The van der Waals surface area contributed by atoms with Crippen LogP contribution in [0.3, 0.4) is 0 Å². The summed E-state index contributed by atoms with van der Waals surface area (Å²) in [6.07, 6.45) is 1.60. The van der Waals surface area contributed by atoms with Crippen LogP contribution in [0.4, 0.5) is 0 Å². The van der Waals surface area contributed by atoms with E-state index in [1.807, 2.05) is 24.3 Å². The smallest absolute Gasteiger partial charge is 0.136 e. The van der Waals surface area contributed by atoms with Gasteiger partial charge in [-0.1, -0.05) is 60.1 Å². The standard InChI is InChI=1S/C24H22BrClN2O/c1-29-23-19(17(12-13-21(23)25)16-6-3-2-4-7-16)11-10-18-20(8-5-9-22(18)26)24-27-14-15-28-24/h2-9,12-13H,10-11,14-15H2,1H3,(H,27,28). The zero-order chi connectivity index (χ0) is 20.2. The number of hydrogen-bond donors (Lipinski definition) is 1. The van der Waals surface area contributed by atoms with E-state index >= 15 is 0 Å². The highest BCUT2D eigenvalue weighted by atomic mass is 79.9. The average Bonchev–Trinajstić information content (AvgIpc) is 3.28. The predicted octanol–water partition coefficient (Wildman–Crippen LogP) is 5.91. The Morgan fingerprint density at radius 2 is 1.76 bits per heavy atom. The van der Waals surface area contributed by atoms with E-state index in [1.165, 1.54) is 16.7 Å². The molecule has 0 unspecified atom stereocenters. The molecule has 0 saturated heterocycles. The Kier molecular flexibility index (Phi) is 6.22. The lowest BCUT2D eigenvalue weighted by molar-refractivity contribution is 0.407. The first kappa shape index (κ1) is 20.0.